The second-order valence-corrected chi connectivity index (χ2v) is 8.77. The molecule has 1 aliphatic carbocycles. The highest BCUT2D eigenvalue weighted by Gasteiger charge is 2.34. The highest BCUT2D eigenvalue weighted by atomic mass is 32.1. The molecule has 3 rings (SSSR count). The Balaban J connectivity index is 1.72. The van der Waals surface area contributed by atoms with Gasteiger partial charge < -0.3 is 15.5 Å². The van der Waals surface area contributed by atoms with Crippen LogP contribution in [0.4, 0.5) is 5.13 Å². The van der Waals surface area contributed by atoms with Gasteiger partial charge in [-0.3, -0.25) is 0 Å². The number of hydrogen-bond acceptors (Lipinski definition) is 5. The molecule has 5 heteroatoms. The van der Waals surface area contributed by atoms with Crippen molar-refractivity contribution in [1.82, 2.24) is 9.88 Å². The highest BCUT2D eigenvalue weighted by Crippen LogP contribution is 2.43. The predicted octanol–water partition coefficient (Wildman–Crippen LogP) is 2.50. The molecule has 1 saturated heterocycles. The predicted molar refractivity (Wildman–Crippen MR) is 90.0 cm³/mol. The summed E-state index contributed by atoms with van der Waals surface area (Å²) in [5.41, 5.74) is 7.89. The topological polar surface area (TPSA) is 45.4 Å². The Morgan fingerprint density at radius 1 is 1.48 bits per heavy atom. The summed E-state index contributed by atoms with van der Waals surface area (Å²) in [6.45, 7) is 8.14. The number of aromatic nitrogens is 1. The summed E-state index contributed by atoms with van der Waals surface area (Å²) in [5, 5.41) is 1.16. The molecule has 0 spiro atoms. The molecule has 0 saturated carbocycles. The minimum absolute atomic E-state index is 0.168. The van der Waals surface area contributed by atoms with Gasteiger partial charge in [-0.25, -0.2) is 4.98 Å². The van der Waals surface area contributed by atoms with Crippen LogP contribution in [0.5, 0.6) is 0 Å². The molecular formula is C16H28N4S. The van der Waals surface area contributed by atoms with Crippen molar-refractivity contribution in [3.8, 4) is 0 Å². The Bertz CT molecular complexity index is 510. The van der Waals surface area contributed by atoms with Gasteiger partial charge in [-0.15, -0.1) is 11.3 Å². The highest BCUT2D eigenvalue weighted by molar-refractivity contribution is 7.15. The summed E-state index contributed by atoms with van der Waals surface area (Å²) in [6, 6.07) is 0.168. The fraction of sp³-hybridized carbons (Fsp3) is 0.812. The maximum absolute atomic E-state index is 6.36. The van der Waals surface area contributed by atoms with Gasteiger partial charge in [0.2, 0.25) is 0 Å². The average molecular weight is 308 g/mol. The average Bonchev–Trinajstić information content (AvgIpc) is 2.94. The zero-order chi connectivity index (χ0) is 15.2. The molecule has 1 aromatic heterocycles. The van der Waals surface area contributed by atoms with Gasteiger partial charge in [-0.1, -0.05) is 13.8 Å². The van der Waals surface area contributed by atoms with Gasteiger partial charge in [-0.2, -0.15) is 0 Å². The summed E-state index contributed by atoms with van der Waals surface area (Å²) >= 11 is 1.81. The summed E-state index contributed by atoms with van der Waals surface area (Å²) in [4.78, 5) is 11.0. The first-order valence-corrected chi connectivity index (χ1v) is 8.80. The lowest BCUT2D eigenvalue weighted by Crippen LogP contribution is -2.29. The molecule has 1 aliphatic heterocycles. The summed E-state index contributed by atoms with van der Waals surface area (Å²) in [5.74, 6) is 0.769. The second-order valence-electron chi connectivity index (χ2n) is 7.76. The zero-order valence-electron chi connectivity index (χ0n) is 13.7. The van der Waals surface area contributed by atoms with E-state index in [4.69, 9.17) is 10.7 Å². The molecule has 2 atom stereocenters. The maximum Gasteiger partial charge on any atom is 0.185 e. The van der Waals surface area contributed by atoms with E-state index >= 15 is 0 Å². The van der Waals surface area contributed by atoms with Crippen LogP contribution in [0.1, 0.15) is 43.3 Å². The van der Waals surface area contributed by atoms with Crippen molar-refractivity contribution in [1.29, 1.82) is 0 Å². The molecule has 2 aliphatic rings. The third-order valence-corrected chi connectivity index (χ3v) is 6.16. The number of hydrogen-bond donors (Lipinski definition) is 1. The normalized spacial score (nSPS) is 28.6. The van der Waals surface area contributed by atoms with E-state index in [0.717, 1.165) is 30.4 Å². The summed E-state index contributed by atoms with van der Waals surface area (Å²) in [6.07, 6.45) is 3.43. The van der Waals surface area contributed by atoms with Crippen molar-refractivity contribution in [3.05, 3.63) is 10.6 Å². The van der Waals surface area contributed by atoms with E-state index in [0.29, 0.717) is 0 Å². The first-order valence-electron chi connectivity index (χ1n) is 7.99. The van der Waals surface area contributed by atoms with Crippen LogP contribution in [0, 0.1) is 11.3 Å². The fourth-order valence-corrected chi connectivity index (χ4v) is 4.84. The van der Waals surface area contributed by atoms with E-state index in [2.05, 4.69) is 37.7 Å². The van der Waals surface area contributed by atoms with Crippen molar-refractivity contribution < 1.29 is 0 Å². The molecule has 2 heterocycles. The third-order valence-electron chi connectivity index (χ3n) is 4.82. The van der Waals surface area contributed by atoms with E-state index in [-0.39, 0.29) is 11.5 Å². The molecule has 1 aromatic rings. The van der Waals surface area contributed by atoms with Crippen LogP contribution >= 0.6 is 11.3 Å². The Kier molecular flexibility index (Phi) is 4.01. The van der Waals surface area contributed by atoms with Crippen molar-refractivity contribution >= 4 is 16.5 Å². The smallest absolute Gasteiger partial charge is 0.185 e. The quantitative estimate of drug-likeness (QED) is 0.932. The van der Waals surface area contributed by atoms with Gasteiger partial charge in [0.1, 0.15) is 0 Å². The monoisotopic (exact) mass is 308 g/mol. The van der Waals surface area contributed by atoms with E-state index < -0.39 is 0 Å². The first-order chi connectivity index (χ1) is 9.84. The Labute approximate surface area is 132 Å². The summed E-state index contributed by atoms with van der Waals surface area (Å²) < 4.78 is 0. The van der Waals surface area contributed by atoms with Crippen LogP contribution in [0.3, 0.4) is 0 Å². The largest absolute Gasteiger partial charge is 0.351 e. The minimum atomic E-state index is 0.168. The van der Waals surface area contributed by atoms with Crippen LogP contribution < -0.4 is 10.6 Å². The van der Waals surface area contributed by atoms with E-state index in [1.807, 2.05) is 11.3 Å². The number of fused-ring (bicyclic) bond motifs is 1. The number of rotatable bonds is 3. The lowest BCUT2D eigenvalue weighted by atomic mass is 9.77. The van der Waals surface area contributed by atoms with Gasteiger partial charge in [0.05, 0.1) is 5.69 Å². The zero-order valence-corrected chi connectivity index (χ0v) is 14.5. The standard InChI is InChI=1S/C16H28N4S/c1-16(2)7-12(17)14-13(8-16)18-15(21-14)20(4)10-11-5-6-19(3)9-11/h11-12H,5-10,17H2,1-4H3. The fourth-order valence-electron chi connectivity index (χ4n) is 3.78. The molecule has 2 N–H and O–H groups in total. The number of nitrogens with zero attached hydrogens (tertiary/aromatic N) is 3. The van der Waals surface area contributed by atoms with E-state index in [1.54, 1.807) is 0 Å². The number of thiazole rings is 1. The van der Waals surface area contributed by atoms with Gasteiger partial charge in [-0.05, 0) is 44.2 Å². The SMILES string of the molecule is CN1CCC(CN(C)c2nc3c(s2)C(N)CC(C)(C)C3)C1. The van der Waals surface area contributed by atoms with Crippen molar-refractivity contribution in [2.45, 2.75) is 39.2 Å². The Morgan fingerprint density at radius 2 is 2.24 bits per heavy atom. The maximum atomic E-state index is 6.36. The molecule has 1 fully saturated rings. The van der Waals surface area contributed by atoms with Crippen LogP contribution in [-0.4, -0.2) is 43.6 Å². The first kappa shape index (κ1) is 15.3. The van der Waals surface area contributed by atoms with Crippen LogP contribution in [0.15, 0.2) is 0 Å². The lowest BCUT2D eigenvalue weighted by molar-refractivity contribution is 0.282. The van der Waals surface area contributed by atoms with Gasteiger partial charge in [0.25, 0.3) is 0 Å². The molecule has 0 radical (unpaired) electrons. The third kappa shape index (κ3) is 3.25. The molecule has 0 bridgehead atoms. The number of likely N-dealkylation sites (tertiary alicyclic amines) is 1. The summed E-state index contributed by atoms with van der Waals surface area (Å²) in [7, 11) is 4.39. The molecule has 21 heavy (non-hydrogen) atoms. The molecule has 4 nitrogen and oxygen atoms in total. The molecule has 0 aromatic carbocycles. The van der Waals surface area contributed by atoms with Crippen molar-refractivity contribution in [3.63, 3.8) is 0 Å². The molecule has 2 unspecified atom stereocenters. The number of anilines is 1. The minimum Gasteiger partial charge on any atom is -0.351 e. The molecule has 0 amide bonds. The Hall–Kier alpha value is -0.650. The second kappa shape index (κ2) is 5.52. The van der Waals surface area contributed by atoms with Gasteiger partial charge in [0, 0.05) is 31.1 Å². The van der Waals surface area contributed by atoms with Crippen LogP contribution in [-0.2, 0) is 6.42 Å². The van der Waals surface area contributed by atoms with E-state index in [1.165, 1.54) is 30.1 Å². The van der Waals surface area contributed by atoms with Gasteiger partial charge >= 0.3 is 0 Å². The molecule has 118 valence electrons. The van der Waals surface area contributed by atoms with Crippen LogP contribution in [0.2, 0.25) is 0 Å². The lowest BCUT2D eigenvalue weighted by Gasteiger charge is -2.32. The molecular weight excluding hydrogens is 280 g/mol. The van der Waals surface area contributed by atoms with Crippen molar-refractivity contribution in [2.75, 3.05) is 38.6 Å². The van der Waals surface area contributed by atoms with Crippen molar-refractivity contribution in [2.24, 2.45) is 17.1 Å². The number of nitrogens with two attached hydrogens (primary N) is 1. The van der Waals surface area contributed by atoms with Crippen LogP contribution in [0.25, 0.3) is 0 Å². The van der Waals surface area contributed by atoms with E-state index in [9.17, 15) is 0 Å². The van der Waals surface area contributed by atoms with Gasteiger partial charge in [0.15, 0.2) is 5.13 Å². The Morgan fingerprint density at radius 3 is 2.90 bits per heavy atom.